The van der Waals surface area contributed by atoms with Gasteiger partial charge in [-0.25, -0.2) is 0 Å². The largest absolute Gasteiger partial charge is 0.508 e. The van der Waals surface area contributed by atoms with Crippen LogP contribution < -0.4 is 0 Å². The number of aromatic hydroxyl groups is 1. The van der Waals surface area contributed by atoms with Crippen LogP contribution in [0.1, 0.15) is 64.4 Å². The molecule has 1 fully saturated rings. The highest BCUT2D eigenvalue weighted by Gasteiger charge is 2.54. The third-order valence-corrected chi connectivity index (χ3v) is 7.34. The van der Waals surface area contributed by atoms with Gasteiger partial charge < -0.3 is 20.4 Å². The molecule has 4 N–H and O–H groups in total. The second-order valence-electron chi connectivity index (χ2n) is 10.0. The lowest BCUT2D eigenvalue weighted by atomic mass is 9.68. The van der Waals surface area contributed by atoms with Crippen LogP contribution in [-0.2, 0) is 14.4 Å². The number of carbonyl (C=O) groups is 3. The molecule has 0 aromatic heterocycles. The van der Waals surface area contributed by atoms with Crippen molar-refractivity contribution in [3.8, 4) is 5.75 Å². The predicted octanol–water partition coefficient (Wildman–Crippen LogP) is 3.51. The smallest absolute Gasteiger partial charge is 0.303 e. The van der Waals surface area contributed by atoms with Crippen molar-refractivity contribution < 1.29 is 34.8 Å². The number of rotatable bonds is 12. The van der Waals surface area contributed by atoms with E-state index in [2.05, 4.69) is 0 Å². The summed E-state index contributed by atoms with van der Waals surface area (Å²) in [6.07, 6.45) is 4.20. The summed E-state index contributed by atoms with van der Waals surface area (Å²) in [5.41, 5.74) is 3.40. The number of hydrogen-bond acceptors (Lipinski definition) is 6. The van der Waals surface area contributed by atoms with Crippen molar-refractivity contribution in [1.82, 2.24) is 4.90 Å². The van der Waals surface area contributed by atoms with Crippen LogP contribution in [0, 0.1) is 17.8 Å². The summed E-state index contributed by atoms with van der Waals surface area (Å²) >= 11 is 0. The molecule has 2 aliphatic rings. The minimum atomic E-state index is -0.863. The summed E-state index contributed by atoms with van der Waals surface area (Å²) in [5, 5.41) is 39.8. The topological polar surface area (TPSA) is 135 Å². The number of hydrogen-bond donors (Lipinski definition) is 4. The number of allylic oxidation sites excluding steroid dienone is 2. The molecule has 1 saturated heterocycles. The van der Waals surface area contributed by atoms with Crippen LogP contribution in [-0.4, -0.2) is 62.4 Å². The number of amides is 2. The van der Waals surface area contributed by atoms with Crippen LogP contribution in [0.3, 0.4) is 0 Å². The maximum atomic E-state index is 13.2. The number of likely N-dealkylation sites (tertiary alicyclic amines) is 1. The number of carbonyl (C=O) groups excluding carboxylic acids is 2. The summed E-state index contributed by atoms with van der Waals surface area (Å²) in [6, 6.07) is 6.92. The van der Waals surface area contributed by atoms with Gasteiger partial charge >= 0.3 is 5.97 Å². The summed E-state index contributed by atoms with van der Waals surface area (Å²) in [5.74, 6) is -3.04. The Labute approximate surface area is 211 Å². The Bertz CT molecular complexity index is 1040. The first-order valence-electron chi connectivity index (χ1n) is 12.7. The summed E-state index contributed by atoms with van der Waals surface area (Å²) in [6.45, 7) is 3.73. The predicted molar refractivity (Wildman–Crippen MR) is 135 cm³/mol. The molecule has 4 atom stereocenters. The van der Waals surface area contributed by atoms with Crippen molar-refractivity contribution in [2.75, 3.05) is 13.2 Å². The number of imide groups is 1. The van der Waals surface area contributed by atoms with Gasteiger partial charge in [-0.2, -0.15) is 0 Å². The second kappa shape index (κ2) is 12.3. The van der Waals surface area contributed by atoms with Crippen molar-refractivity contribution in [2.24, 2.45) is 17.8 Å². The second-order valence-corrected chi connectivity index (χ2v) is 10.0. The third kappa shape index (κ3) is 6.42. The summed E-state index contributed by atoms with van der Waals surface area (Å²) in [7, 11) is 0. The van der Waals surface area contributed by atoms with Gasteiger partial charge in [-0.3, -0.25) is 19.3 Å². The zero-order valence-corrected chi connectivity index (χ0v) is 21.0. The van der Waals surface area contributed by atoms with Crippen LogP contribution in [0.2, 0.25) is 0 Å². The number of carboxylic acid groups (broad SMARTS) is 1. The Morgan fingerprint density at radius 1 is 1.17 bits per heavy atom. The van der Waals surface area contributed by atoms with Gasteiger partial charge in [0.15, 0.2) is 0 Å². The first-order valence-corrected chi connectivity index (χ1v) is 12.7. The van der Waals surface area contributed by atoms with Crippen molar-refractivity contribution in [1.29, 1.82) is 0 Å². The van der Waals surface area contributed by atoms with E-state index in [4.69, 9.17) is 5.11 Å². The molecule has 0 radical (unpaired) electrons. The summed E-state index contributed by atoms with van der Waals surface area (Å²) < 4.78 is 0. The van der Waals surface area contributed by atoms with Gasteiger partial charge in [-0.1, -0.05) is 35.8 Å². The minimum absolute atomic E-state index is 0.0621. The molecule has 0 spiro atoms. The number of aliphatic carboxylic acids is 1. The molecule has 8 nitrogen and oxygen atoms in total. The average molecular weight is 500 g/mol. The highest BCUT2D eigenvalue weighted by Crippen LogP contribution is 2.46. The van der Waals surface area contributed by atoms with Gasteiger partial charge in [0.05, 0.1) is 24.5 Å². The van der Waals surface area contributed by atoms with Crippen molar-refractivity contribution in [3.63, 3.8) is 0 Å². The number of fused-ring (bicyclic) bond motifs is 1. The van der Waals surface area contributed by atoms with Gasteiger partial charge in [-0.15, -0.1) is 0 Å². The Morgan fingerprint density at radius 3 is 2.58 bits per heavy atom. The lowest BCUT2D eigenvalue weighted by molar-refractivity contribution is -0.141. The Kier molecular flexibility index (Phi) is 9.45. The van der Waals surface area contributed by atoms with E-state index in [0.717, 1.165) is 16.7 Å². The fourth-order valence-corrected chi connectivity index (χ4v) is 5.62. The lowest BCUT2D eigenvalue weighted by Crippen LogP contribution is -2.38. The number of unbranched alkanes of at least 4 members (excludes halogenated alkanes) is 2. The van der Waals surface area contributed by atoms with Crippen molar-refractivity contribution in [3.05, 3.63) is 46.5 Å². The number of aliphatic hydroxyl groups is 2. The van der Waals surface area contributed by atoms with E-state index in [0.29, 0.717) is 44.1 Å². The maximum absolute atomic E-state index is 13.2. The fourth-order valence-electron chi connectivity index (χ4n) is 5.62. The zero-order chi connectivity index (χ0) is 26.4. The molecule has 3 rings (SSSR count). The number of benzene rings is 1. The Balaban J connectivity index is 1.66. The summed E-state index contributed by atoms with van der Waals surface area (Å²) in [4.78, 5) is 38.2. The van der Waals surface area contributed by atoms with E-state index in [1.54, 1.807) is 18.2 Å². The Hall–Kier alpha value is -2.97. The fraction of sp³-hybridized carbons (Fsp3) is 0.536. The van der Waals surface area contributed by atoms with E-state index >= 15 is 0 Å². The van der Waals surface area contributed by atoms with Crippen molar-refractivity contribution in [2.45, 2.75) is 64.9 Å². The molecule has 36 heavy (non-hydrogen) atoms. The maximum Gasteiger partial charge on any atom is 0.303 e. The molecular weight excluding hydrogens is 462 g/mol. The molecular formula is C28H37NO7. The normalized spacial score (nSPS) is 23.3. The molecule has 0 saturated carbocycles. The van der Waals surface area contributed by atoms with Gasteiger partial charge in [0.1, 0.15) is 5.75 Å². The molecule has 0 unspecified atom stereocenters. The minimum Gasteiger partial charge on any atom is -0.508 e. The van der Waals surface area contributed by atoms with E-state index in [1.165, 1.54) is 4.90 Å². The third-order valence-electron chi connectivity index (χ3n) is 7.34. The molecule has 1 heterocycles. The van der Waals surface area contributed by atoms with Gasteiger partial charge in [-0.05, 0) is 69.2 Å². The van der Waals surface area contributed by atoms with E-state index in [1.807, 2.05) is 26.0 Å². The molecule has 0 bridgehead atoms. The first-order chi connectivity index (χ1) is 17.1. The SMILES string of the molecule is CC1=C([C@H](O)CC/C(C)=C/c2cccc(O)c2)[C@H](CO)[C@@H]2C(=O)N(CCCCCC(=O)O)C(=O)[C@@H]2C1. The number of aliphatic hydroxyl groups excluding tert-OH is 2. The van der Waals surface area contributed by atoms with Gasteiger partial charge in [0.2, 0.25) is 11.8 Å². The monoisotopic (exact) mass is 499 g/mol. The van der Waals surface area contributed by atoms with Crippen LogP contribution >= 0.6 is 0 Å². The van der Waals surface area contributed by atoms with Crippen LogP contribution in [0.15, 0.2) is 41.0 Å². The molecule has 1 aliphatic heterocycles. The number of phenolic OH excluding ortho intramolecular Hbond substituents is 1. The van der Waals surface area contributed by atoms with Crippen LogP contribution in [0.25, 0.3) is 6.08 Å². The lowest BCUT2D eigenvalue weighted by Gasteiger charge is -2.35. The van der Waals surface area contributed by atoms with E-state index in [-0.39, 0.29) is 37.1 Å². The van der Waals surface area contributed by atoms with Crippen molar-refractivity contribution >= 4 is 23.9 Å². The highest BCUT2D eigenvalue weighted by atomic mass is 16.4. The Morgan fingerprint density at radius 2 is 1.92 bits per heavy atom. The van der Waals surface area contributed by atoms with E-state index < -0.39 is 29.8 Å². The molecule has 1 aliphatic carbocycles. The number of nitrogens with zero attached hydrogens (tertiary/aromatic N) is 1. The van der Waals surface area contributed by atoms with Crippen LogP contribution in [0.5, 0.6) is 5.75 Å². The number of carboxylic acids is 1. The number of phenols is 1. The quantitative estimate of drug-likeness (QED) is 0.196. The van der Waals surface area contributed by atoms with Gasteiger partial charge in [0.25, 0.3) is 0 Å². The van der Waals surface area contributed by atoms with Gasteiger partial charge in [0, 0.05) is 18.9 Å². The molecule has 1 aromatic rings. The highest BCUT2D eigenvalue weighted by molar-refractivity contribution is 6.05. The van der Waals surface area contributed by atoms with Crippen LogP contribution in [0.4, 0.5) is 0 Å². The molecule has 1 aromatic carbocycles. The molecule has 196 valence electrons. The zero-order valence-electron chi connectivity index (χ0n) is 21.0. The first kappa shape index (κ1) is 27.6. The average Bonchev–Trinajstić information content (AvgIpc) is 3.05. The van der Waals surface area contributed by atoms with E-state index in [9.17, 15) is 29.7 Å². The molecule has 2 amide bonds. The molecule has 8 heteroatoms. The standard InChI is InChI=1S/C28H37NO7/c1-17(13-19-7-6-8-20(31)15-19)10-11-23(32)25-18(2)14-21-26(22(25)16-30)28(36)29(27(21)35)12-5-3-4-9-24(33)34/h6-8,13,15,21-23,26,30-32H,3-5,9-12,14,16H2,1-2H3,(H,33,34)/b17-13+/t21-,22+,23-,26-/m1/s1.